The Hall–Kier alpha value is -0.420. The van der Waals surface area contributed by atoms with Crippen LogP contribution in [0.5, 0.6) is 0 Å². The molecule has 4 heteroatoms. The molecule has 1 fully saturated rings. The molecule has 0 amide bonds. The van der Waals surface area contributed by atoms with E-state index in [4.69, 9.17) is 10.5 Å². The summed E-state index contributed by atoms with van der Waals surface area (Å²) in [6.45, 7) is 5.96. The fourth-order valence-electron chi connectivity index (χ4n) is 2.46. The number of nitrogens with zero attached hydrogens (tertiary/aromatic N) is 1. The van der Waals surface area contributed by atoms with Gasteiger partial charge in [-0.25, -0.2) is 0 Å². The molecule has 0 spiro atoms. The predicted octanol–water partition coefficient (Wildman–Crippen LogP) is 2.46. The molecule has 1 heterocycles. The molecular formula is C14H24N2OS. The maximum absolute atomic E-state index is 6.06. The van der Waals surface area contributed by atoms with Gasteiger partial charge in [-0.15, -0.1) is 0 Å². The quantitative estimate of drug-likeness (QED) is 0.825. The molecule has 102 valence electrons. The Bertz CT molecular complexity index is 364. The summed E-state index contributed by atoms with van der Waals surface area (Å²) in [5.74, 6) is 0. The van der Waals surface area contributed by atoms with E-state index >= 15 is 0 Å². The minimum absolute atomic E-state index is 0.0855. The molecule has 0 aromatic carbocycles. The summed E-state index contributed by atoms with van der Waals surface area (Å²) in [4.78, 5) is 2.54. The highest BCUT2D eigenvalue weighted by Gasteiger charge is 2.43. The summed E-state index contributed by atoms with van der Waals surface area (Å²) in [7, 11) is 1.77. The van der Waals surface area contributed by atoms with Crippen molar-refractivity contribution in [2.45, 2.75) is 50.9 Å². The van der Waals surface area contributed by atoms with E-state index in [0.29, 0.717) is 12.6 Å². The number of rotatable bonds is 7. The zero-order valence-corrected chi connectivity index (χ0v) is 12.4. The van der Waals surface area contributed by atoms with Crippen LogP contribution in [0.3, 0.4) is 0 Å². The van der Waals surface area contributed by atoms with E-state index < -0.39 is 0 Å². The fraction of sp³-hybridized carbons (Fsp3) is 0.714. The third-order valence-electron chi connectivity index (χ3n) is 4.22. The van der Waals surface area contributed by atoms with E-state index in [1.807, 2.05) is 0 Å². The maximum atomic E-state index is 6.06. The highest BCUT2D eigenvalue weighted by atomic mass is 32.1. The summed E-state index contributed by atoms with van der Waals surface area (Å²) < 4.78 is 5.57. The Morgan fingerprint density at radius 2 is 2.33 bits per heavy atom. The van der Waals surface area contributed by atoms with E-state index in [0.717, 1.165) is 6.54 Å². The van der Waals surface area contributed by atoms with Crippen molar-refractivity contribution in [3.8, 4) is 0 Å². The fourth-order valence-corrected chi connectivity index (χ4v) is 3.12. The molecule has 0 bridgehead atoms. The lowest BCUT2D eigenvalue weighted by atomic mass is 9.92. The number of hydrogen-bond donors (Lipinski definition) is 1. The van der Waals surface area contributed by atoms with Crippen LogP contribution in [0, 0.1) is 0 Å². The highest BCUT2D eigenvalue weighted by molar-refractivity contribution is 7.07. The maximum Gasteiger partial charge on any atom is 0.0736 e. The van der Waals surface area contributed by atoms with Crippen molar-refractivity contribution in [1.29, 1.82) is 0 Å². The minimum atomic E-state index is -0.0855. The molecule has 3 nitrogen and oxygen atoms in total. The first-order valence-corrected chi connectivity index (χ1v) is 7.56. The number of methoxy groups -OCH3 is 1. The number of ether oxygens (including phenoxy) is 1. The predicted molar refractivity (Wildman–Crippen MR) is 76.8 cm³/mol. The average Bonchev–Trinajstić information content (AvgIpc) is 3.10. The van der Waals surface area contributed by atoms with Crippen LogP contribution in [0.15, 0.2) is 16.8 Å². The first kappa shape index (κ1) is 14.0. The largest absolute Gasteiger partial charge is 0.380 e. The van der Waals surface area contributed by atoms with Crippen molar-refractivity contribution < 1.29 is 4.74 Å². The SMILES string of the molecule is COC(C)C(C)(CN)N(Cc1ccsc1)C1CC1. The van der Waals surface area contributed by atoms with Crippen LogP contribution >= 0.6 is 11.3 Å². The van der Waals surface area contributed by atoms with Crippen molar-refractivity contribution >= 4 is 11.3 Å². The van der Waals surface area contributed by atoms with E-state index in [9.17, 15) is 0 Å². The van der Waals surface area contributed by atoms with Crippen LogP contribution in [0.1, 0.15) is 32.3 Å². The lowest BCUT2D eigenvalue weighted by molar-refractivity contribution is -0.0397. The second-order valence-corrected chi connectivity index (χ2v) is 6.21. The first-order valence-electron chi connectivity index (χ1n) is 6.62. The molecule has 2 N–H and O–H groups in total. The zero-order valence-electron chi connectivity index (χ0n) is 11.6. The van der Waals surface area contributed by atoms with Crippen LogP contribution in [0.25, 0.3) is 0 Å². The third-order valence-corrected chi connectivity index (χ3v) is 4.95. The summed E-state index contributed by atoms with van der Waals surface area (Å²) in [6, 6.07) is 2.88. The Labute approximate surface area is 114 Å². The van der Waals surface area contributed by atoms with E-state index in [-0.39, 0.29) is 11.6 Å². The summed E-state index contributed by atoms with van der Waals surface area (Å²) >= 11 is 1.76. The first-order chi connectivity index (χ1) is 8.61. The molecule has 1 aliphatic rings. The van der Waals surface area contributed by atoms with Crippen molar-refractivity contribution in [1.82, 2.24) is 4.90 Å². The zero-order chi connectivity index (χ0) is 13.2. The van der Waals surface area contributed by atoms with Gasteiger partial charge in [-0.2, -0.15) is 11.3 Å². The molecule has 2 unspecified atom stereocenters. The summed E-state index contributed by atoms with van der Waals surface area (Å²) in [5.41, 5.74) is 7.36. The molecule has 2 atom stereocenters. The van der Waals surface area contributed by atoms with Crippen molar-refractivity contribution in [2.75, 3.05) is 13.7 Å². The number of nitrogens with two attached hydrogens (primary N) is 1. The number of thiophene rings is 1. The molecule has 2 rings (SSSR count). The standard InChI is InChI=1S/C14H24N2OS/c1-11(17-3)14(2,10-15)16(13-4-5-13)8-12-6-7-18-9-12/h6-7,9,11,13H,4-5,8,10,15H2,1-3H3. The van der Waals surface area contributed by atoms with Gasteiger partial charge in [-0.05, 0) is 49.1 Å². The lowest BCUT2D eigenvalue weighted by Gasteiger charge is -2.44. The van der Waals surface area contributed by atoms with Gasteiger partial charge in [0.2, 0.25) is 0 Å². The molecule has 1 saturated carbocycles. The lowest BCUT2D eigenvalue weighted by Crippen LogP contribution is -2.59. The Morgan fingerprint density at radius 1 is 1.61 bits per heavy atom. The minimum Gasteiger partial charge on any atom is -0.380 e. The molecule has 1 aromatic rings. The second-order valence-electron chi connectivity index (χ2n) is 5.43. The number of hydrogen-bond acceptors (Lipinski definition) is 4. The van der Waals surface area contributed by atoms with Gasteiger partial charge < -0.3 is 10.5 Å². The van der Waals surface area contributed by atoms with Crippen LogP contribution in [-0.4, -0.2) is 36.2 Å². The van der Waals surface area contributed by atoms with Gasteiger partial charge in [0.1, 0.15) is 0 Å². The molecule has 18 heavy (non-hydrogen) atoms. The summed E-state index contributed by atoms with van der Waals surface area (Å²) in [5, 5.41) is 4.36. The van der Waals surface area contributed by atoms with Crippen molar-refractivity contribution in [3.05, 3.63) is 22.4 Å². The third kappa shape index (κ3) is 2.77. The van der Waals surface area contributed by atoms with Crippen LogP contribution in [-0.2, 0) is 11.3 Å². The molecular weight excluding hydrogens is 244 g/mol. The van der Waals surface area contributed by atoms with Crippen LogP contribution in [0.2, 0.25) is 0 Å². The van der Waals surface area contributed by atoms with Gasteiger partial charge in [0, 0.05) is 26.2 Å². The van der Waals surface area contributed by atoms with Gasteiger partial charge in [0.25, 0.3) is 0 Å². The molecule has 1 aromatic heterocycles. The van der Waals surface area contributed by atoms with Crippen LogP contribution < -0.4 is 5.73 Å². The second kappa shape index (κ2) is 5.70. The van der Waals surface area contributed by atoms with Crippen LogP contribution in [0.4, 0.5) is 0 Å². The topological polar surface area (TPSA) is 38.5 Å². The van der Waals surface area contributed by atoms with Crippen molar-refractivity contribution in [2.24, 2.45) is 5.73 Å². The summed E-state index contributed by atoms with van der Waals surface area (Å²) in [6.07, 6.45) is 2.72. The van der Waals surface area contributed by atoms with E-state index in [1.165, 1.54) is 18.4 Å². The average molecular weight is 268 g/mol. The molecule has 0 saturated heterocycles. The molecule has 0 radical (unpaired) electrons. The van der Waals surface area contributed by atoms with E-state index in [1.54, 1.807) is 18.4 Å². The van der Waals surface area contributed by atoms with Gasteiger partial charge in [-0.1, -0.05) is 0 Å². The van der Waals surface area contributed by atoms with Gasteiger partial charge in [0.15, 0.2) is 0 Å². The van der Waals surface area contributed by atoms with Gasteiger partial charge >= 0.3 is 0 Å². The van der Waals surface area contributed by atoms with Gasteiger partial charge in [-0.3, -0.25) is 4.90 Å². The van der Waals surface area contributed by atoms with Crippen molar-refractivity contribution in [3.63, 3.8) is 0 Å². The molecule has 0 aliphatic heterocycles. The smallest absolute Gasteiger partial charge is 0.0736 e. The molecule has 1 aliphatic carbocycles. The Balaban J connectivity index is 2.17. The Kier molecular flexibility index (Phi) is 4.43. The van der Waals surface area contributed by atoms with Gasteiger partial charge in [0.05, 0.1) is 11.6 Å². The monoisotopic (exact) mass is 268 g/mol. The highest BCUT2D eigenvalue weighted by Crippen LogP contribution is 2.36. The normalized spacial score (nSPS) is 20.9. The Morgan fingerprint density at radius 3 is 2.78 bits per heavy atom. The van der Waals surface area contributed by atoms with E-state index in [2.05, 4.69) is 35.6 Å².